The van der Waals surface area contributed by atoms with Crippen LogP contribution in [0.15, 0.2) is 28.6 Å². The molecule has 0 radical (unpaired) electrons. The lowest BCUT2D eigenvalue weighted by atomic mass is 10.0. The maximum atomic E-state index is 10.1. The summed E-state index contributed by atoms with van der Waals surface area (Å²) in [6.45, 7) is 0. The van der Waals surface area contributed by atoms with E-state index in [0.29, 0.717) is 18.1 Å². The summed E-state index contributed by atoms with van der Waals surface area (Å²) in [4.78, 5) is 10.1. The number of nitrogens with zero attached hydrogens (tertiary/aromatic N) is 3. The smallest absolute Gasteiger partial charge is 0.228 e. The Kier molecular flexibility index (Phi) is 4.19. The van der Waals surface area contributed by atoms with Crippen molar-refractivity contribution in [3.05, 3.63) is 29.3 Å². The second-order valence-corrected chi connectivity index (χ2v) is 4.55. The molecule has 0 aromatic heterocycles. The molecule has 18 heavy (non-hydrogen) atoms. The first-order chi connectivity index (χ1) is 8.77. The summed E-state index contributed by atoms with van der Waals surface area (Å²) in [5, 5.41) is 9.08. The summed E-state index contributed by atoms with van der Waals surface area (Å²) in [5.74, 6) is 1.34. The van der Waals surface area contributed by atoms with Crippen molar-refractivity contribution >= 4 is 24.7 Å². The van der Waals surface area contributed by atoms with Crippen molar-refractivity contribution in [1.29, 1.82) is 0 Å². The van der Waals surface area contributed by atoms with Crippen LogP contribution in [0.1, 0.15) is 29.9 Å². The molecule has 1 aromatic carbocycles. The van der Waals surface area contributed by atoms with Crippen LogP contribution in [-0.4, -0.2) is 13.5 Å². The molecule has 0 spiro atoms. The van der Waals surface area contributed by atoms with Gasteiger partial charge in [-0.05, 0) is 46.4 Å². The van der Waals surface area contributed by atoms with Gasteiger partial charge in [0.15, 0.2) is 0 Å². The SMILES string of the molecule is CN(/N=N\NC=O)c1cccc(C2CC2)c1CS. The van der Waals surface area contributed by atoms with Gasteiger partial charge in [0.2, 0.25) is 6.41 Å². The summed E-state index contributed by atoms with van der Waals surface area (Å²) in [6, 6.07) is 6.16. The predicted octanol–water partition coefficient (Wildman–Crippen LogP) is 2.46. The Balaban J connectivity index is 2.25. The lowest BCUT2D eigenvalue weighted by Crippen LogP contribution is -2.12. The molecule has 0 heterocycles. The molecule has 5 nitrogen and oxygen atoms in total. The Morgan fingerprint density at radius 2 is 2.33 bits per heavy atom. The molecule has 0 atom stereocenters. The Morgan fingerprint density at radius 3 is 2.94 bits per heavy atom. The minimum absolute atomic E-state index is 0.484. The van der Waals surface area contributed by atoms with Gasteiger partial charge in [0.1, 0.15) is 0 Å². The van der Waals surface area contributed by atoms with Gasteiger partial charge in [0.25, 0.3) is 0 Å². The van der Waals surface area contributed by atoms with Crippen molar-refractivity contribution in [3.63, 3.8) is 0 Å². The normalized spacial score (nSPS) is 14.8. The monoisotopic (exact) mass is 264 g/mol. The zero-order valence-corrected chi connectivity index (χ0v) is 11.1. The van der Waals surface area contributed by atoms with Crippen LogP contribution in [0.5, 0.6) is 0 Å². The van der Waals surface area contributed by atoms with Gasteiger partial charge in [0.05, 0.1) is 5.69 Å². The summed E-state index contributed by atoms with van der Waals surface area (Å²) in [5.41, 5.74) is 5.68. The van der Waals surface area contributed by atoms with E-state index in [4.69, 9.17) is 0 Å². The van der Waals surface area contributed by atoms with Crippen LogP contribution < -0.4 is 10.4 Å². The summed E-state index contributed by atoms with van der Waals surface area (Å²) < 4.78 is 0. The average Bonchev–Trinajstić information content (AvgIpc) is 3.22. The van der Waals surface area contributed by atoms with Gasteiger partial charge >= 0.3 is 0 Å². The van der Waals surface area contributed by atoms with E-state index in [2.05, 4.69) is 34.6 Å². The van der Waals surface area contributed by atoms with Crippen molar-refractivity contribution in [2.45, 2.75) is 24.5 Å². The van der Waals surface area contributed by atoms with Gasteiger partial charge in [-0.2, -0.15) is 12.6 Å². The summed E-state index contributed by atoms with van der Waals surface area (Å²) >= 11 is 4.41. The molecule has 0 unspecified atom stereocenters. The van der Waals surface area contributed by atoms with E-state index in [-0.39, 0.29) is 0 Å². The maximum Gasteiger partial charge on any atom is 0.228 e. The first kappa shape index (κ1) is 12.9. The van der Waals surface area contributed by atoms with Crippen LogP contribution in [0, 0.1) is 0 Å². The van der Waals surface area contributed by atoms with Crippen molar-refractivity contribution in [2.24, 2.45) is 10.4 Å². The fourth-order valence-electron chi connectivity index (χ4n) is 2.01. The number of amides is 1. The Labute approximate surface area is 112 Å². The summed E-state index contributed by atoms with van der Waals surface area (Å²) in [7, 11) is 1.80. The predicted molar refractivity (Wildman–Crippen MR) is 73.6 cm³/mol. The van der Waals surface area contributed by atoms with Crippen LogP contribution in [0.4, 0.5) is 5.69 Å². The topological polar surface area (TPSA) is 57.1 Å². The molecule has 1 aliphatic carbocycles. The number of anilines is 1. The number of thiol groups is 1. The molecule has 2 rings (SSSR count). The molecule has 1 amide bonds. The van der Waals surface area contributed by atoms with Crippen molar-refractivity contribution in [2.75, 3.05) is 12.1 Å². The highest BCUT2D eigenvalue weighted by molar-refractivity contribution is 7.79. The summed E-state index contributed by atoms with van der Waals surface area (Å²) in [6.07, 6.45) is 2.99. The molecule has 0 bridgehead atoms. The van der Waals surface area contributed by atoms with Crippen molar-refractivity contribution in [1.82, 2.24) is 5.43 Å². The van der Waals surface area contributed by atoms with E-state index < -0.39 is 0 Å². The third-order valence-electron chi connectivity index (χ3n) is 3.00. The van der Waals surface area contributed by atoms with E-state index in [9.17, 15) is 4.79 Å². The lowest BCUT2D eigenvalue weighted by Gasteiger charge is -2.18. The van der Waals surface area contributed by atoms with E-state index in [1.54, 1.807) is 12.1 Å². The van der Waals surface area contributed by atoms with Gasteiger partial charge in [0, 0.05) is 12.8 Å². The van der Waals surface area contributed by atoms with Crippen LogP contribution in [0.3, 0.4) is 0 Å². The van der Waals surface area contributed by atoms with E-state index in [1.165, 1.54) is 24.0 Å². The number of hydrogen-bond acceptors (Lipinski definition) is 4. The quantitative estimate of drug-likeness (QED) is 0.359. The standard InChI is InChI=1S/C12H16N4OS/c1-16(15-14-13-8-17)12-4-2-3-10(9-5-6-9)11(12)7-18/h2-4,8-9,18H,5-7H2,1H3,(H,13,15,17). The second-order valence-electron chi connectivity index (χ2n) is 4.24. The van der Waals surface area contributed by atoms with Gasteiger partial charge in [-0.3, -0.25) is 4.79 Å². The molecule has 1 aromatic rings. The van der Waals surface area contributed by atoms with Gasteiger partial charge in [-0.1, -0.05) is 12.1 Å². The number of hydrogen-bond donors (Lipinski definition) is 2. The largest absolute Gasteiger partial charge is 0.277 e. The molecule has 0 saturated heterocycles. The maximum absolute atomic E-state index is 10.1. The molecular formula is C12H16N4OS. The first-order valence-corrected chi connectivity index (χ1v) is 6.47. The van der Waals surface area contributed by atoms with Gasteiger partial charge < -0.3 is 0 Å². The number of carbonyl (C=O) groups is 1. The minimum Gasteiger partial charge on any atom is -0.277 e. The molecule has 1 fully saturated rings. The van der Waals surface area contributed by atoms with Crippen LogP contribution in [-0.2, 0) is 10.5 Å². The molecule has 1 saturated carbocycles. The first-order valence-electron chi connectivity index (χ1n) is 5.84. The van der Waals surface area contributed by atoms with Gasteiger partial charge in [-0.25, -0.2) is 10.4 Å². The number of carbonyl (C=O) groups excluding carboxylic acids is 1. The van der Waals surface area contributed by atoms with E-state index >= 15 is 0 Å². The van der Waals surface area contributed by atoms with Crippen LogP contribution in [0.25, 0.3) is 0 Å². The highest BCUT2D eigenvalue weighted by Crippen LogP contribution is 2.44. The fraction of sp³-hybridized carbons (Fsp3) is 0.417. The Hall–Kier alpha value is -1.56. The highest BCUT2D eigenvalue weighted by Gasteiger charge is 2.27. The van der Waals surface area contributed by atoms with E-state index in [1.807, 2.05) is 12.1 Å². The zero-order chi connectivity index (χ0) is 13.0. The van der Waals surface area contributed by atoms with Crippen molar-refractivity contribution in [3.8, 4) is 0 Å². The highest BCUT2D eigenvalue weighted by atomic mass is 32.1. The molecule has 1 N–H and O–H groups in total. The van der Waals surface area contributed by atoms with Crippen LogP contribution >= 0.6 is 12.6 Å². The fourth-order valence-corrected chi connectivity index (χ4v) is 2.35. The Morgan fingerprint density at radius 1 is 1.56 bits per heavy atom. The molecular weight excluding hydrogens is 248 g/mol. The minimum atomic E-state index is 0.484. The van der Waals surface area contributed by atoms with E-state index in [0.717, 1.165) is 5.69 Å². The molecule has 0 aliphatic heterocycles. The third-order valence-corrected chi connectivity index (χ3v) is 3.32. The molecule has 1 aliphatic rings. The number of nitrogens with one attached hydrogen (secondary N) is 1. The van der Waals surface area contributed by atoms with Crippen molar-refractivity contribution < 1.29 is 4.79 Å². The van der Waals surface area contributed by atoms with Gasteiger partial charge in [-0.15, -0.1) is 0 Å². The number of rotatable bonds is 6. The average molecular weight is 264 g/mol. The molecule has 96 valence electrons. The number of benzene rings is 1. The molecule has 6 heteroatoms. The lowest BCUT2D eigenvalue weighted by molar-refractivity contribution is -0.109. The van der Waals surface area contributed by atoms with Crippen LogP contribution in [0.2, 0.25) is 0 Å². The third kappa shape index (κ3) is 2.81. The zero-order valence-electron chi connectivity index (χ0n) is 10.2. The Bertz CT molecular complexity index is 459. The second kappa shape index (κ2) is 5.86.